The fraction of sp³-hybridized carbons (Fsp3) is 0.667. The van der Waals surface area contributed by atoms with E-state index in [9.17, 15) is 4.79 Å². The molecule has 4 heteroatoms. The van der Waals surface area contributed by atoms with E-state index in [2.05, 4.69) is 5.32 Å². The predicted octanol–water partition coefficient (Wildman–Crippen LogP) is -0.585. The van der Waals surface area contributed by atoms with Crippen molar-refractivity contribution in [3.05, 3.63) is 0 Å². The summed E-state index contributed by atoms with van der Waals surface area (Å²) >= 11 is 0. The molecule has 0 aromatic carbocycles. The van der Waals surface area contributed by atoms with Gasteiger partial charge in [-0.2, -0.15) is 5.26 Å². The van der Waals surface area contributed by atoms with Gasteiger partial charge in [-0.05, 0) is 0 Å². The fourth-order valence-electron chi connectivity index (χ4n) is 0.638. The summed E-state index contributed by atoms with van der Waals surface area (Å²) in [5, 5.41) is 11.0. The van der Waals surface area contributed by atoms with E-state index in [1.807, 2.05) is 0 Å². The molecule has 1 aliphatic rings. The third-order valence-electron chi connectivity index (χ3n) is 1.27. The van der Waals surface area contributed by atoms with E-state index in [1.54, 1.807) is 6.07 Å². The maximum atomic E-state index is 10.6. The third kappa shape index (κ3) is 1.71. The summed E-state index contributed by atoms with van der Waals surface area (Å²) in [6.45, 7) is 1.44. The molecule has 0 spiro atoms. The van der Waals surface area contributed by atoms with Gasteiger partial charge in [-0.3, -0.25) is 4.79 Å². The number of carbonyl (C=O) groups is 1. The van der Waals surface area contributed by atoms with Crippen molar-refractivity contribution >= 4 is 5.97 Å². The molecule has 0 amide bonds. The van der Waals surface area contributed by atoms with Gasteiger partial charge >= 0.3 is 5.97 Å². The van der Waals surface area contributed by atoms with Crippen LogP contribution in [0.2, 0.25) is 0 Å². The van der Waals surface area contributed by atoms with Crippen LogP contribution in [0.3, 0.4) is 0 Å². The van der Waals surface area contributed by atoms with Crippen molar-refractivity contribution in [1.82, 2.24) is 5.32 Å². The van der Waals surface area contributed by atoms with Crippen LogP contribution in [0, 0.1) is 11.3 Å². The Morgan fingerprint density at radius 1 is 1.80 bits per heavy atom. The van der Waals surface area contributed by atoms with Gasteiger partial charge in [-0.25, -0.2) is 0 Å². The Bertz CT molecular complexity index is 169. The molecule has 0 radical (unpaired) electrons. The summed E-state index contributed by atoms with van der Waals surface area (Å²) in [6, 6.07) is 1.73. The number of nitrogens with zero attached hydrogens (tertiary/aromatic N) is 1. The molecule has 1 saturated heterocycles. The van der Waals surface area contributed by atoms with Crippen molar-refractivity contribution < 1.29 is 9.53 Å². The lowest BCUT2D eigenvalue weighted by atomic mass is 10.2. The Hall–Kier alpha value is -1.08. The molecule has 1 fully saturated rings. The minimum Gasteiger partial charge on any atom is -0.459 e. The van der Waals surface area contributed by atoms with E-state index in [0.29, 0.717) is 0 Å². The molecule has 0 aromatic rings. The molecular weight excluding hydrogens is 132 g/mol. The largest absolute Gasteiger partial charge is 0.459 e. The van der Waals surface area contributed by atoms with Crippen LogP contribution in [0.4, 0.5) is 0 Å². The van der Waals surface area contributed by atoms with Gasteiger partial charge in [0.15, 0.2) is 0 Å². The highest BCUT2D eigenvalue weighted by Gasteiger charge is 2.20. The molecule has 0 aromatic heterocycles. The van der Waals surface area contributed by atoms with E-state index >= 15 is 0 Å². The smallest absolute Gasteiger partial charge is 0.320 e. The van der Waals surface area contributed by atoms with Crippen molar-refractivity contribution in [2.24, 2.45) is 0 Å². The van der Waals surface area contributed by atoms with Gasteiger partial charge in [-0.15, -0.1) is 0 Å². The Labute approximate surface area is 58.8 Å². The van der Waals surface area contributed by atoms with Crippen LogP contribution in [0.25, 0.3) is 0 Å². The number of esters is 1. The topological polar surface area (TPSA) is 62.1 Å². The minimum absolute atomic E-state index is 0.000787. The first-order valence-corrected chi connectivity index (χ1v) is 3.10. The standard InChI is InChI=1S/C6H8N2O2/c7-2-1-6(9)10-5-3-8-4-5/h5,8H,1,3-4H2. The molecule has 1 aliphatic heterocycles. The lowest BCUT2D eigenvalue weighted by Gasteiger charge is -2.26. The molecule has 10 heavy (non-hydrogen) atoms. The molecule has 4 nitrogen and oxygen atoms in total. The number of rotatable bonds is 2. The Morgan fingerprint density at radius 2 is 2.50 bits per heavy atom. The molecule has 0 unspecified atom stereocenters. The van der Waals surface area contributed by atoms with Crippen molar-refractivity contribution in [3.8, 4) is 6.07 Å². The zero-order chi connectivity index (χ0) is 7.40. The molecule has 54 valence electrons. The van der Waals surface area contributed by atoms with Crippen LogP contribution >= 0.6 is 0 Å². The quantitative estimate of drug-likeness (QED) is 0.521. The SMILES string of the molecule is N#CCC(=O)OC1CNC1. The number of hydrogen-bond donors (Lipinski definition) is 1. The lowest BCUT2D eigenvalue weighted by molar-refractivity contribution is -0.150. The molecule has 0 aliphatic carbocycles. The van der Waals surface area contributed by atoms with Crippen LogP contribution < -0.4 is 5.32 Å². The number of carbonyl (C=O) groups excluding carboxylic acids is 1. The normalized spacial score (nSPS) is 17.1. The molecule has 1 N–H and O–H groups in total. The Balaban J connectivity index is 2.12. The zero-order valence-corrected chi connectivity index (χ0v) is 5.46. The Morgan fingerprint density at radius 3 is 2.90 bits per heavy atom. The van der Waals surface area contributed by atoms with Crippen molar-refractivity contribution in [3.63, 3.8) is 0 Å². The van der Waals surface area contributed by atoms with Crippen LogP contribution in [0.15, 0.2) is 0 Å². The fourth-order valence-corrected chi connectivity index (χ4v) is 0.638. The van der Waals surface area contributed by atoms with E-state index < -0.39 is 5.97 Å². The van der Waals surface area contributed by atoms with E-state index in [1.165, 1.54) is 0 Å². The lowest BCUT2D eigenvalue weighted by Crippen LogP contribution is -2.49. The zero-order valence-electron chi connectivity index (χ0n) is 5.46. The summed E-state index contributed by atoms with van der Waals surface area (Å²) in [4.78, 5) is 10.6. The monoisotopic (exact) mass is 140 g/mol. The Kier molecular flexibility index (Phi) is 2.24. The van der Waals surface area contributed by atoms with Gasteiger partial charge in [0.05, 0.1) is 6.07 Å². The third-order valence-corrected chi connectivity index (χ3v) is 1.27. The van der Waals surface area contributed by atoms with Crippen LogP contribution in [-0.2, 0) is 9.53 Å². The van der Waals surface area contributed by atoms with E-state index in [4.69, 9.17) is 10.00 Å². The number of hydrogen-bond acceptors (Lipinski definition) is 4. The van der Waals surface area contributed by atoms with Gasteiger partial charge in [0.25, 0.3) is 0 Å². The summed E-state index contributed by atoms with van der Waals surface area (Å²) in [5.74, 6) is -0.422. The van der Waals surface area contributed by atoms with Gasteiger partial charge in [0.1, 0.15) is 12.5 Å². The second-order valence-electron chi connectivity index (χ2n) is 2.11. The summed E-state index contributed by atoms with van der Waals surface area (Å²) < 4.78 is 4.80. The van der Waals surface area contributed by atoms with Gasteiger partial charge in [-0.1, -0.05) is 0 Å². The molecule has 1 heterocycles. The summed E-state index contributed by atoms with van der Waals surface area (Å²) in [5.41, 5.74) is 0. The van der Waals surface area contributed by atoms with Crippen LogP contribution in [0.1, 0.15) is 6.42 Å². The van der Waals surface area contributed by atoms with Crippen molar-refractivity contribution in [1.29, 1.82) is 5.26 Å². The number of nitriles is 1. The second kappa shape index (κ2) is 3.18. The van der Waals surface area contributed by atoms with Gasteiger partial charge in [0.2, 0.25) is 0 Å². The molecular formula is C6H8N2O2. The van der Waals surface area contributed by atoms with Crippen molar-refractivity contribution in [2.45, 2.75) is 12.5 Å². The summed E-state index contributed by atoms with van der Waals surface area (Å²) in [7, 11) is 0. The highest BCUT2D eigenvalue weighted by atomic mass is 16.5. The highest BCUT2D eigenvalue weighted by Crippen LogP contribution is 1.99. The first kappa shape index (κ1) is 7.03. The predicted molar refractivity (Wildman–Crippen MR) is 33.0 cm³/mol. The van der Waals surface area contributed by atoms with Crippen molar-refractivity contribution in [2.75, 3.05) is 13.1 Å². The van der Waals surface area contributed by atoms with E-state index in [0.717, 1.165) is 13.1 Å². The molecule has 0 bridgehead atoms. The average molecular weight is 140 g/mol. The van der Waals surface area contributed by atoms with Gasteiger partial charge in [0, 0.05) is 13.1 Å². The molecule has 0 atom stereocenters. The molecule has 1 rings (SSSR count). The van der Waals surface area contributed by atoms with E-state index in [-0.39, 0.29) is 12.5 Å². The highest BCUT2D eigenvalue weighted by molar-refractivity contribution is 5.72. The number of nitrogens with one attached hydrogen (secondary N) is 1. The van der Waals surface area contributed by atoms with Gasteiger partial charge < -0.3 is 10.1 Å². The number of ether oxygens (including phenoxy) is 1. The molecule has 0 saturated carbocycles. The maximum Gasteiger partial charge on any atom is 0.320 e. The van der Waals surface area contributed by atoms with Crippen LogP contribution in [0.5, 0.6) is 0 Å². The van der Waals surface area contributed by atoms with Crippen LogP contribution in [-0.4, -0.2) is 25.2 Å². The first-order valence-electron chi connectivity index (χ1n) is 3.10. The minimum atomic E-state index is -0.422. The average Bonchev–Trinajstić information content (AvgIpc) is 1.80. The summed E-state index contributed by atoms with van der Waals surface area (Å²) in [6.07, 6.45) is -0.142. The maximum absolute atomic E-state index is 10.6. The first-order chi connectivity index (χ1) is 4.83. The second-order valence-corrected chi connectivity index (χ2v) is 2.11.